The number of amides is 1. The van der Waals surface area contributed by atoms with Gasteiger partial charge in [-0.3, -0.25) is 9.48 Å². The van der Waals surface area contributed by atoms with E-state index in [0.717, 1.165) is 11.4 Å². The van der Waals surface area contributed by atoms with Crippen molar-refractivity contribution in [3.63, 3.8) is 0 Å². The van der Waals surface area contributed by atoms with Gasteiger partial charge in [0.1, 0.15) is 18.1 Å². The molecule has 0 saturated carbocycles. The first-order valence-corrected chi connectivity index (χ1v) is 6.55. The fourth-order valence-electron chi connectivity index (χ4n) is 1.87. The maximum Gasteiger partial charge on any atom is 0.247 e. The van der Waals surface area contributed by atoms with E-state index in [9.17, 15) is 4.79 Å². The summed E-state index contributed by atoms with van der Waals surface area (Å²) in [4.78, 5) is 16.2. The van der Waals surface area contributed by atoms with Crippen LogP contribution in [0.5, 0.6) is 0 Å². The number of carbonyl (C=O) groups excluding carboxylic acids is 1. The summed E-state index contributed by atoms with van der Waals surface area (Å²) in [5, 5.41) is 6.98. The second-order valence-corrected chi connectivity index (χ2v) is 4.55. The Kier molecular flexibility index (Phi) is 4.69. The molecule has 0 saturated heterocycles. The first-order chi connectivity index (χ1) is 10.1. The highest BCUT2D eigenvalue weighted by atomic mass is 16.2. The number of hydrogen-bond donors (Lipinski definition) is 2. The molecule has 0 unspecified atom stereocenters. The molecule has 6 nitrogen and oxygen atoms in total. The van der Waals surface area contributed by atoms with Crippen LogP contribution >= 0.6 is 0 Å². The summed E-state index contributed by atoms with van der Waals surface area (Å²) < 4.78 is 1.66. The smallest absolute Gasteiger partial charge is 0.247 e. The highest BCUT2D eigenvalue weighted by molar-refractivity contribution is 5.89. The van der Waals surface area contributed by atoms with Crippen LogP contribution in [0.15, 0.2) is 24.3 Å². The van der Waals surface area contributed by atoms with Gasteiger partial charge in [-0.2, -0.15) is 5.10 Å². The van der Waals surface area contributed by atoms with E-state index in [1.54, 1.807) is 22.9 Å². The molecule has 0 radical (unpaired) electrons. The lowest BCUT2D eigenvalue weighted by molar-refractivity contribution is -0.117. The molecule has 0 aromatic carbocycles. The molecule has 0 spiro atoms. The van der Waals surface area contributed by atoms with Crippen LogP contribution in [0.4, 0.5) is 5.82 Å². The molecule has 2 aromatic heterocycles. The zero-order chi connectivity index (χ0) is 15.2. The van der Waals surface area contributed by atoms with Gasteiger partial charge in [-0.1, -0.05) is 12.0 Å². The minimum absolute atomic E-state index is 0.153. The summed E-state index contributed by atoms with van der Waals surface area (Å²) in [5.74, 6) is 5.83. The van der Waals surface area contributed by atoms with E-state index in [1.807, 2.05) is 19.9 Å². The van der Waals surface area contributed by atoms with Gasteiger partial charge in [0, 0.05) is 5.69 Å². The normalized spacial score (nSPS) is 9.86. The Bertz CT molecular complexity index is 708. The third-order valence-electron chi connectivity index (χ3n) is 2.73. The van der Waals surface area contributed by atoms with Crippen molar-refractivity contribution in [3.8, 4) is 11.8 Å². The van der Waals surface area contributed by atoms with Gasteiger partial charge in [0.15, 0.2) is 0 Å². The summed E-state index contributed by atoms with van der Waals surface area (Å²) in [6, 6.07) is 7.19. The minimum atomic E-state index is -0.183. The van der Waals surface area contributed by atoms with Crippen molar-refractivity contribution in [2.75, 3.05) is 11.9 Å². The maximum absolute atomic E-state index is 12.0. The van der Waals surface area contributed by atoms with Crippen LogP contribution in [-0.2, 0) is 11.3 Å². The largest absolute Gasteiger partial charge is 0.320 e. The molecule has 0 aliphatic carbocycles. The lowest BCUT2D eigenvalue weighted by atomic mass is 10.3. The quantitative estimate of drug-likeness (QED) is 0.817. The van der Waals surface area contributed by atoms with Gasteiger partial charge >= 0.3 is 0 Å². The molecule has 1 amide bonds. The first-order valence-electron chi connectivity index (χ1n) is 6.55. The number of nitrogens with two attached hydrogens (primary N) is 1. The van der Waals surface area contributed by atoms with Crippen LogP contribution in [0.1, 0.15) is 17.1 Å². The van der Waals surface area contributed by atoms with Crippen molar-refractivity contribution in [3.05, 3.63) is 41.3 Å². The highest BCUT2D eigenvalue weighted by Crippen LogP contribution is 2.06. The Morgan fingerprint density at radius 1 is 1.43 bits per heavy atom. The summed E-state index contributed by atoms with van der Waals surface area (Å²) in [5.41, 5.74) is 7.72. The fraction of sp³-hybridized carbons (Fsp3) is 0.267. The topological polar surface area (TPSA) is 85.8 Å². The zero-order valence-corrected chi connectivity index (χ0v) is 12.1. The molecule has 0 bridgehead atoms. The summed E-state index contributed by atoms with van der Waals surface area (Å²) in [6.07, 6.45) is 0. The van der Waals surface area contributed by atoms with Crippen molar-refractivity contribution < 1.29 is 4.79 Å². The SMILES string of the molecule is Cc1cc(C)n(CC(=O)Nc2cccc(C#CCN)n2)n1. The van der Waals surface area contributed by atoms with Gasteiger partial charge in [-0.25, -0.2) is 4.98 Å². The van der Waals surface area contributed by atoms with Crippen LogP contribution < -0.4 is 11.1 Å². The minimum Gasteiger partial charge on any atom is -0.320 e. The monoisotopic (exact) mass is 283 g/mol. The van der Waals surface area contributed by atoms with Crippen molar-refractivity contribution >= 4 is 11.7 Å². The maximum atomic E-state index is 12.0. The molecule has 0 fully saturated rings. The molecule has 0 aliphatic rings. The number of anilines is 1. The van der Waals surface area contributed by atoms with Crippen LogP contribution in [0.25, 0.3) is 0 Å². The Morgan fingerprint density at radius 2 is 2.24 bits per heavy atom. The average Bonchev–Trinajstić information content (AvgIpc) is 2.75. The average molecular weight is 283 g/mol. The summed E-state index contributed by atoms with van der Waals surface area (Å²) >= 11 is 0. The number of aromatic nitrogens is 3. The standard InChI is InChI=1S/C15H17N5O/c1-11-9-12(2)20(19-11)10-15(21)18-14-7-3-5-13(17-14)6-4-8-16/h3,5,7,9H,8,10,16H2,1-2H3,(H,17,18,21). The van der Waals surface area contributed by atoms with Crippen molar-refractivity contribution in [2.45, 2.75) is 20.4 Å². The van der Waals surface area contributed by atoms with E-state index in [0.29, 0.717) is 11.5 Å². The van der Waals surface area contributed by atoms with Crippen LogP contribution in [-0.4, -0.2) is 27.2 Å². The second-order valence-electron chi connectivity index (χ2n) is 4.55. The van der Waals surface area contributed by atoms with E-state index in [-0.39, 0.29) is 19.0 Å². The Morgan fingerprint density at radius 3 is 2.90 bits per heavy atom. The second kappa shape index (κ2) is 6.68. The zero-order valence-electron chi connectivity index (χ0n) is 12.1. The van der Waals surface area contributed by atoms with Crippen LogP contribution in [0.2, 0.25) is 0 Å². The number of rotatable bonds is 3. The summed E-state index contributed by atoms with van der Waals surface area (Å²) in [6.45, 7) is 4.23. The Balaban J connectivity index is 2.04. The van der Waals surface area contributed by atoms with E-state index >= 15 is 0 Å². The van der Waals surface area contributed by atoms with E-state index in [4.69, 9.17) is 5.73 Å². The van der Waals surface area contributed by atoms with Crippen molar-refractivity contribution in [2.24, 2.45) is 5.73 Å². The Hall–Kier alpha value is -2.65. The van der Waals surface area contributed by atoms with Gasteiger partial charge in [0.2, 0.25) is 5.91 Å². The molecule has 2 heterocycles. The van der Waals surface area contributed by atoms with Crippen molar-refractivity contribution in [1.82, 2.24) is 14.8 Å². The van der Waals surface area contributed by atoms with Crippen molar-refractivity contribution in [1.29, 1.82) is 0 Å². The van der Waals surface area contributed by atoms with Crippen LogP contribution in [0, 0.1) is 25.7 Å². The highest BCUT2D eigenvalue weighted by Gasteiger charge is 2.08. The lowest BCUT2D eigenvalue weighted by Crippen LogP contribution is -2.21. The van der Waals surface area contributed by atoms with E-state index < -0.39 is 0 Å². The predicted octanol–water partition coefficient (Wildman–Crippen LogP) is 0.844. The van der Waals surface area contributed by atoms with Gasteiger partial charge in [0.25, 0.3) is 0 Å². The predicted molar refractivity (Wildman–Crippen MR) is 80.5 cm³/mol. The number of hydrogen-bond acceptors (Lipinski definition) is 4. The number of carbonyl (C=O) groups is 1. The molecule has 6 heteroatoms. The van der Waals surface area contributed by atoms with E-state index in [2.05, 4.69) is 27.2 Å². The van der Waals surface area contributed by atoms with Gasteiger partial charge < -0.3 is 11.1 Å². The number of pyridine rings is 1. The van der Waals surface area contributed by atoms with Gasteiger partial charge in [-0.05, 0) is 38.0 Å². The molecular weight excluding hydrogens is 266 g/mol. The molecule has 21 heavy (non-hydrogen) atoms. The lowest BCUT2D eigenvalue weighted by Gasteiger charge is -2.06. The summed E-state index contributed by atoms with van der Waals surface area (Å²) in [7, 11) is 0. The molecule has 0 aliphatic heterocycles. The number of aryl methyl sites for hydroxylation is 2. The Labute approximate surface area is 123 Å². The molecule has 2 rings (SSSR count). The molecule has 0 atom stereocenters. The number of nitrogens with zero attached hydrogens (tertiary/aromatic N) is 3. The fourth-order valence-corrected chi connectivity index (χ4v) is 1.87. The molecule has 3 N–H and O–H groups in total. The van der Waals surface area contributed by atoms with E-state index in [1.165, 1.54) is 0 Å². The first kappa shape index (κ1) is 14.8. The van der Waals surface area contributed by atoms with Gasteiger partial charge in [-0.15, -0.1) is 0 Å². The van der Waals surface area contributed by atoms with Crippen LogP contribution in [0.3, 0.4) is 0 Å². The third kappa shape index (κ3) is 4.16. The molecule has 2 aromatic rings. The molecule has 108 valence electrons. The number of nitrogens with one attached hydrogen (secondary N) is 1. The molecular formula is C15H17N5O. The van der Waals surface area contributed by atoms with Gasteiger partial charge in [0.05, 0.1) is 12.2 Å². The third-order valence-corrected chi connectivity index (χ3v) is 2.73.